The Morgan fingerprint density at radius 1 is 1.28 bits per heavy atom. The van der Waals surface area contributed by atoms with Crippen LogP contribution in [0.15, 0.2) is 22.9 Å². The Morgan fingerprint density at radius 3 is 2.39 bits per heavy atom. The lowest BCUT2D eigenvalue weighted by atomic mass is 10.0. The second-order valence-corrected chi connectivity index (χ2v) is 4.49. The maximum atomic E-state index is 11.8. The minimum absolute atomic E-state index is 0.249. The van der Waals surface area contributed by atoms with E-state index in [0.29, 0.717) is 6.42 Å². The van der Waals surface area contributed by atoms with E-state index in [2.05, 4.69) is 26.8 Å². The predicted octanol–water partition coefficient (Wildman–Crippen LogP) is 4.68. The molecule has 1 amide bonds. The highest BCUT2D eigenvalue weighted by Crippen LogP contribution is 2.25. The molecular formula is C16H29NO. The van der Waals surface area contributed by atoms with E-state index in [4.69, 9.17) is 0 Å². The van der Waals surface area contributed by atoms with E-state index in [-0.39, 0.29) is 5.91 Å². The summed E-state index contributed by atoms with van der Waals surface area (Å²) in [6.07, 6.45) is 7.01. The smallest absolute Gasteiger partial charge is 0.226 e. The van der Waals surface area contributed by atoms with Crippen LogP contribution in [0.5, 0.6) is 0 Å². The number of nitrogens with zero attached hydrogens (tertiary/aromatic N) is 1. The molecule has 2 nitrogen and oxygen atoms in total. The first kappa shape index (κ1) is 16.9. The summed E-state index contributed by atoms with van der Waals surface area (Å²) >= 11 is 0. The largest absolute Gasteiger partial charge is 0.316 e. The Hall–Kier alpha value is -1.05. The minimum Gasteiger partial charge on any atom is -0.316 e. The number of carbonyl (C=O) groups is 1. The van der Waals surface area contributed by atoms with Crippen LogP contribution in [0.25, 0.3) is 0 Å². The molecule has 0 unspecified atom stereocenters. The molecule has 0 radical (unpaired) electrons. The Balaban J connectivity index is 0.00000137. The van der Waals surface area contributed by atoms with Gasteiger partial charge in [0.2, 0.25) is 5.91 Å². The van der Waals surface area contributed by atoms with Crippen molar-refractivity contribution in [2.24, 2.45) is 0 Å². The summed E-state index contributed by atoms with van der Waals surface area (Å²) in [4.78, 5) is 13.7. The van der Waals surface area contributed by atoms with Gasteiger partial charge >= 0.3 is 0 Å². The van der Waals surface area contributed by atoms with Crippen molar-refractivity contribution in [3.63, 3.8) is 0 Å². The highest BCUT2D eigenvalue weighted by atomic mass is 16.2. The third kappa shape index (κ3) is 4.67. The maximum absolute atomic E-state index is 11.8. The third-order valence-electron chi connectivity index (χ3n) is 3.33. The molecule has 0 aromatic carbocycles. The number of allylic oxidation sites excluding steroid dienone is 3. The molecule has 2 heteroatoms. The zero-order valence-electron chi connectivity index (χ0n) is 13.0. The van der Waals surface area contributed by atoms with Gasteiger partial charge in [0.25, 0.3) is 0 Å². The Morgan fingerprint density at radius 2 is 1.89 bits per heavy atom. The molecule has 0 atom stereocenters. The summed E-state index contributed by atoms with van der Waals surface area (Å²) in [7, 11) is 1.90. The lowest BCUT2D eigenvalue weighted by Gasteiger charge is -2.19. The zero-order chi connectivity index (χ0) is 14.1. The van der Waals surface area contributed by atoms with Crippen molar-refractivity contribution in [2.75, 3.05) is 7.05 Å². The second kappa shape index (κ2) is 8.96. The molecule has 0 saturated carbocycles. The molecule has 1 heterocycles. The Labute approximate surface area is 113 Å². The van der Waals surface area contributed by atoms with Crippen LogP contribution >= 0.6 is 0 Å². The molecular weight excluding hydrogens is 222 g/mol. The summed E-state index contributed by atoms with van der Waals surface area (Å²) < 4.78 is 0. The first-order valence-electron chi connectivity index (χ1n) is 7.25. The quantitative estimate of drug-likeness (QED) is 0.713. The minimum atomic E-state index is 0.249. The molecule has 18 heavy (non-hydrogen) atoms. The van der Waals surface area contributed by atoms with E-state index >= 15 is 0 Å². The normalized spacial score (nSPS) is 17.3. The van der Waals surface area contributed by atoms with Crippen molar-refractivity contribution in [1.82, 2.24) is 4.90 Å². The van der Waals surface area contributed by atoms with Gasteiger partial charge in [-0.25, -0.2) is 0 Å². The average Bonchev–Trinajstić information content (AvgIpc) is 2.54. The summed E-state index contributed by atoms with van der Waals surface area (Å²) in [5, 5.41) is 0. The first-order chi connectivity index (χ1) is 8.60. The first-order valence-corrected chi connectivity index (χ1v) is 7.25. The van der Waals surface area contributed by atoms with Gasteiger partial charge in [-0.15, -0.1) is 0 Å². The fourth-order valence-electron chi connectivity index (χ4n) is 2.01. The van der Waals surface area contributed by atoms with Gasteiger partial charge in [-0.3, -0.25) is 4.79 Å². The Kier molecular flexibility index (Phi) is 8.43. The third-order valence-corrected chi connectivity index (χ3v) is 3.33. The van der Waals surface area contributed by atoms with Gasteiger partial charge in [-0.2, -0.15) is 0 Å². The van der Waals surface area contributed by atoms with E-state index in [1.54, 1.807) is 0 Å². The van der Waals surface area contributed by atoms with Crippen LogP contribution in [0.4, 0.5) is 0 Å². The van der Waals surface area contributed by atoms with Crippen molar-refractivity contribution < 1.29 is 4.79 Å². The average molecular weight is 251 g/mol. The van der Waals surface area contributed by atoms with Crippen molar-refractivity contribution in [3.05, 3.63) is 22.9 Å². The number of rotatable bonds is 3. The molecule has 0 saturated heterocycles. The van der Waals surface area contributed by atoms with Crippen LogP contribution < -0.4 is 0 Å². The maximum Gasteiger partial charge on any atom is 0.226 e. The molecule has 104 valence electrons. The number of amides is 1. The lowest BCUT2D eigenvalue weighted by Crippen LogP contribution is -2.24. The Bertz CT molecular complexity index is 326. The molecule has 0 N–H and O–H groups in total. The molecule has 0 aromatic rings. The van der Waals surface area contributed by atoms with Crippen molar-refractivity contribution in [1.29, 1.82) is 0 Å². The van der Waals surface area contributed by atoms with Gasteiger partial charge in [0.05, 0.1) is 0 Å². The number of carbonyl (C=O) groups excluding carboxylic acids is 1. The summed E-state index contributed by atoms with van der Waals surface area (Å²) in [5.74, 6) is 0.249. The molecule has 0 aromatic heterocycles. The van der Waals surface area contributed by atoms with Gasteiger partial charge in [0.1, 0.15) is 0 Å². The molecule has 1 rings (SSSR count). The molecule has 1 aliphatic rings. The fraction of sp³-hybridized carbons (Fsp3) is 0.688. The van der Waals surface area contributed by atoms with Gasteiger partial charge in [-0.05, 0) is 44.3 Å². The number of hydrogen-bond donors (Lipinski definition) is 0. The van der Waals surface area contributed by atoms with Gasteiger partial charge in [-0.1, -0.05) is 33.3 Å². The topological polar surface area (TPSA) is 20.3 Å². The van der Waals surface area contributed by atoms with Crippen LogP contribution in [-0.4, -0.2) is 17.9 Å². The van der Waals surface area contributed by atoms with E-state index < -0.39 is 0 Å². The van der Waals surface area contributed by atoms with Crippen LogP contribution in [0.1, 0.15) is 66.7 Å². The van der Waals surface area contributed by atoms with Gasteiger partial charge < -0.3 is 4.90 Å². The summed E-state index contributed by atoms with van der Waals surface area (Å²) in [6.45, 7) is 10.5. The van der Waals surface area contributed by atoms with Crippen LogP contribution in [-0.2, 0) is 4.79 Å². The van der Waals surface area contributed by atoms with Gasteiger partial charge in [0, 0.05) is 19.2 Å². The van der Waals surface area contributed by atoms with Crippen LogP contribution in [0.2, 0.25) is 0 Å². The molecule has 0 spiro atoms. The molecule has 0 bridgehead atoms. The van der Waals surface area contributed by atoms with Crippen molar-refractivity contribution in [3.8, 4) is 0 Å². The fourth-order valence-corrected chi connectivity index (χ4v) is 2.01. The van der Waals surface area contributed by atoms with Crippen LogP contribution in [0.3, 0.4) is 0 Å². The van der Waals surface area contributed by atoms with Crippen molar-refractivity contribution in [2.45, 2.75) is 66.7 Å². The monoisotopic (exact) mass is 251 g/mol. The van der Waals surface area contributed by atoms with Crippen LogP contribution in [0, 0.1) is 0 Å². The predicted molar refractivity (Wildman–Crippen MR) is 79.3 cm³/mol. The molecule has 0 aliphatic carbocycles. The summed E-state index contributed by atoms with van der Waals surface area (Å²) in [6, 6.07) is 0. The lowest BCUT2D eigenvalue weighted by molar-refractivity contribution is -0.127. The van der Waals surface area contributed by atoms with Gasteiger partial charge in [0.15, 0.2) is 0 Å². The standard InChI is InChI=1S/C14H23NO.C2H6/c1-5-11(3)10-13-12(6-2)8-7-9-14(16)15(13)4;1-2/h10H,5-9H2,1-4H3;1-2H3/b11-10+;. The second-order valence-electron chi connectivity index (χ2n) is 4.49. The highest BCUT2D eigenvalue weighted by molar-refractivity contribution is 5.79. The van der Waals surface area contributed by atoms with E-state index in [0.717, 1.165) is 31.4 Å². The number of likely N-dealkylation sites (N-methyl/N-ethyl adjacent to an activating group) is 1. The van der Waals surface area contributed by atoms with Crippen molar-refractivity contribution >= 4 is 5.91 Å². The van der Waals surface area contributed by atoms with E-state index in [1.165, 1.54) is 11.1 Å². The molecule has 0 fully saturated rings. The zero-order valence-corrected chi connectivity index (χ0v) is 13.0. The molecule has 1 aliphatic heterocycles. The highest BCUT2D eigenvalue weighted by Gasteiger charge is 2.19. The van der Waals surface area contributed by atoms with E-state index in [1.807, 2.05) is 25.8 Å². The van der Waals surface area contributed by atoms with E-state index in [9.17, 15) is 4.79 Å². The SMILES string of the molecule is CC.CCC1=C(/C=C(\C)CC)N(C)C(=O)CCC1. The summed E-state index contributed by atoms with van der Waals surface area (Å²) in [5.41, 5.74) is 3.90. The number of hydrogen-bond acceptors (Lipinski definition) is 1.